The molecule has 2 nitrogen and oxygen atoms in total. The Morgan fingerprint density at radius 2 is 1.64 bits per heavy atom. The molecule has 2 N–H and O–H groups in total. The third-order valence-corrected chi connectivity index (χ3v) is 3.64. The SMILES string of the molecule is CC1CC(NC(=S)NC2CCCC2)C1. The highest BCUT2D eigenvalue weighted by atomic mass is 32.1. The second kappa shape index (κ2) is 4.47. The smallest absolute Gasteiger partial charge is 0.166 e. The van der Waals surface area contributed by atoms with Crippen molar-refractivity contribution in [3.8, 4) is 0 Å². The van der Waals surface area contributed by atoms with E-state index < -0.39 is 0 Å². The lowest BCUT2D eigenvalue weighted by atomic mass is 9.82. The maximum Gasteiger partial charge on any atom is 0.166 e. The van der Waals surface area contributed by atoms with Gasteiger partial charge in [0.05, 0.1) is 0 Å². The van der Waals surface area contributed by atoms with E-state index >= 15 is 0 Å². The van der Waals surface area contributed by atoms with Crippen molar-refractivity contribution < 1.29 is 0 Å². The van der Waals surface area contributed by atoms with Crippen LogP contribution in [-0.4, -0.2) is 17.2 Å². The fraction of sp³-hybridized carbons (Fsp3) is 0.909. The summed E-state index contributed by atoms with van der Waals surface area (Å²) in [4.78, 5) is 0. The maximum absolute atomic E-state index is 5.28. The molecule has 2 saturated carbocycles. The summed E-state index contributed by atoms with van der Waals surface area (Å²) in [6.07, 6.45) is 7.88. The Morgan fingerprint density at radius 1 is 1.07 bits per heavy atom. The molecular formula is C11H20N2S. The minimum atomic E-state index is 0.645. The number of rotatable bonds is 2. The molecule has 0 saturated heterocycles. The maximum atomic E-state index is 5.28. The highest BCUT2D eigenvalue weighted by Crippen LogP contribution is 2.26. The van der Waals surface area contributed by atoms with Crippen molar-refractivity contribution in [2.45, 2.75) is 57.5 Å². The van der Waals surface area contributed by atoms with Gasteiger partial charge in [-0.25, -0.2) is 0 Å². The molecule has 0 aromatic carbocycles. The van der Waals surface area contributed by atoms with Crippen LogP contribution in [0.4, 0.5) is 0 Å². The van der Waals surface area contributed by atoms with Crippen LogP contribution in [-0.2, 0) is 0 Å². The number of thiocarbonyl (C=S) groups is 1. The first-order valence-electron chi connectivity index (χ1n) is 5.81. The summed E-state index contributed by atoms with van der Waals surface area (Å²) in [7, 11) is 0. The predicted molar refractivity (Wildman–Crippen MR) is 63.3 cm³/mol. The summed E-state index contributed by atoms with van der Waals surface area (Å²) < 4.78 is 0. The molecular weight excluding hydrogens is 192 g/mol. The van der Waals surface area contributed by atoms with Crippen LogP contribution in [0.1, 0.15) is 45.4 Å². The van der Waals surface area contributed by atoms with E-state index in [0.29, 0.717) is 12.1 Å². The lowest BCUT2D eigenvalue weighted by Gasteiger charge is -2.34. The normalized spacial score (nSPS) is 32.4. The van der Waals surface area contributed by atoms with E-state index in [9.17, 15) is 0 Å². The first kappa shape index (κ1) is 10.2. The van der Waals surface area contributed by atoms with Gasteiger partial charge in [0, 0.05) is 12.1 Å². The third-order valence-electron chi connectivity index (χ3n) is 3.40. The van der Waals surface area contributed by atoms with Crippen LogP contribution < -0.4 is 10.6 Å². The van der Waals surface area contributed by atoms with Gasteiger partial charge in [-0.1, -0.05) is 19.8 Å². The molecule has 2 aliphatic rings. The Balaban J connectivity index is 1.63. The quantitative estimate of drug-likeness (QED) is 0.686. The first-order chi connectivity index (χ1) is 6.74. The zero-order valence-corrected chi connectivity index (χ0v) is 9.70. The van der Waals surface area contributed by atoms with Gasteiger partial charge in [-0.15, -0.1) is 0 Å². The second-order valence-electron chi connectivity index (χ2n) is 4.87. The van der Waals surface area contributed by atoms with Crippen LogP contribution in [0.2, 0.25) is 0 Å². The monoisotopic (exact) mass is 212 g/mol. The zero-order valence-electron chi connectivity index (χ0n) is 8.88. The average Bonchev–Trinajstić information content (AvgIpc) is 2.54. The van der Waals surface area contributed by atoms with E-state index in [0.717, 1.165) is 11.0 Å². The van der Waals surface area contributed by atoms with E-state index in [1.807, 2.05) is 0 Å². The first-order valence-corrected chi connectivity index (χ1v) is 6.22. The molecule has 0 heterocycles. The molecule has 80 valence electrons. The molecule has 3 heteroatoms. The molecule has 0 amide bonds. The standard InChI is InChI=1S/C11H20N2S/c1-8-6-10(7-8)13-11(14)12-9-4-2-3-5-9/h8-10H,2-7H2,1H3,(H2,12,13,14). The Hall–Kier alpha value is -0.310. The van der Waals surface area contributed by atoms with E-state index in [1.165, 1.54) is 38.5 Å². The van der Waals surface area contributed by atoms with Gasteiger partial charge >= 0.3 is 0 Å². The molecule has 14 heavy (non-hydrogen) atoms. The van der Waals surface area contributed by atoms with Crippen molar-refractivity contribution in [3.05, 3.63) is 0 Å². The molecule has 2 fully saturated rings. The minimum absolute atomic E-state index is 0.645. The van der Waals surface area contributed by atoms with Crippen molar-refractivity contribution in [2.24, 2.45) is 5.92 Å². The molecule has 0 unspecified atom stereocenters. The summed E-state index contributed by atoms with van der Waals surface area (Å²) in [5.41, 5.74) is 0. The summed E-state index contributed by atoms with van der Waals surface area (Å²) in [5, 5.41) is 7.69. The Morgan fingerprint density at radius 3 is 2.21 bits per heavy atom. The number of nitrogens with one attached hydrogen (secondary N) is 2. The molecule has 0 aromatic heterocycles. The number of hydrogen-bond acceptors (Lipinski definition) is 1. The minimum Gasteiger partial charge on any atom is -0.360 e. The zero-order chi connectivity index (χ0) is 9.97. The van der Waals surface area contributed by atoms with Gasteiger partial charge in [0.1, 0.15) is 0 Å². The lowest BCUT2D eigenvalue weighted by Crippen LogP contribution is -2.49. The topological polar surface area (TPSA) is 24.1 Å². The molecule has 0 bridgehead atoms. The van der Waals surface area contributed by atoms with Gasteiger partial charge in [0.15, 0.2) is 5.11 Å². The predicted octanol–water partition coefficient (Wildman–Crippen LogP) is 2.19. The number of hydrogen-bond donors (Lipinski definition) is 2. The third kappa shape index (κ3) is 2.59. The van der Waals surface area contributed by atoms with Gasteiger partial charge in [-0.2, -0.15) is 0 Å². The van der Waals surface area contributed by atoms with Crippen LogP contribution in [0.5, 0.6) is 0 Å². The molecule has 2 rings (SSSR count). The molecule has 0 aromatic rings. The summed E-state index contributed by atoms with van der Waals surface area (Å²) in [6.45, 7) is 2.30. The van der Waals surface area contributed by atoms with E-state index in [-0.39, 0.29) is 0 Å². The van der Waals surface area contributed by atoms with Crippen LogP contribution in [0.25, 0.3) is 0 Å². The van der Waals surface area contributed by atoms with Crippen molar-refractivity contribution in [2.75, 3.05) is 0 Å². The van der Waals surface area contributed by atoms with Crippen LogP contribution in [0, 0.1) is 5.92 Å². The van der Waals surface area contributed by atoms with Crippen LogP contribution in [0.15, 0.2) is 0 Å². The average molecular weight is 212 g/mol. The van der Waals surface area contributed by atoms with Gasteiger partial charge < -0.3 is 10.6 Å². The fourth-order valence-electron chi connectivity index (χ4n) is 2.50. The summed E-state index contributed by atoms with van der Waals surface area (Å²) in [6, 6.07) is 1.29. The van der Waals surface area contributed by atoms with Crippen molar-refractivity contribution in [1.82, 2.24) is 10.6 Å². The summed E-state index contributed by atoms with van der Waals surface area (Å²) >= 11 is 5.28. The van der Waals surface area contributed by atoms with Crippen LogP contribution >= 0.6 is 12.2 Å². The van der Waals surface area contributed by atoms with Gasteiger partial charge in [-0.05, 0) is 43.8 Å². The Kier molecular flexibility index (Phi) is 3.26. The highest BCUT2D eigenvalue weighted by Gasteiger charge is 2.26. The highest BCUT2D eigenvalue weighted by molar-refractivity contribution is 7.80. The van der Waals surface area contributed by atoms with Crippen LogP contribution in [0.3, 0.4) is 0 Å². The van der Waals surface area contributed by atoms with E-state index in [4.69, 9.17) is 12.2 Å². The molecule has 0 radical (unpaired) electrons. The lowest BCUT2D eigenvalue weighted by molar-refractivity contribution is 0.267. The fourth-order valence-corrected chi connectivity index (χ4v) is 2.84. The largest absolute Gasteiger partial charge is 0.360 e. The molecule has 2 aliphatic carbocycles. The van der Waals surface area contributed by atoms with Gasteiger partial charge in [-0.3, -0.25) is 0 Å². The molecule has 0 aliphatic heterocycles. The van der Waals surface area contributed by atoms with Gasteiger partial charge in [0.2, 0.25) is 0 Å². The Bertz CT molecular complexity index is 205. The second-order valence-corrected chi connectivity index (χ2v) is 5.28. The summed E-state index contributed by atoms with van der Waals surface area (Å²) in [5.74, 6) is 0.891. The van der Waals surface area contributed by atoms with E-state index in [1.54, 1.807) is 0 Å². The molecule has 0 spiro atoms. The van der Waals surface area contributed by atoms with Crippen molar-refractivity contribution in [1.29, 1.82) is 0 Å². The van der Waals surface area contributed by atoms with Gasteiger partial charge in [0.25, 0.3) is 0 Å². The van der Waals surface area contributed by atoms with Crippen molar-refractivity contribution in [3.63, 3.8) is 0 Å². The Labute approximate surface area is 91.8 Å². The van der Waals surface area contributed by atoms with Crippen molar-refractivity contribution >= 4 is 17.3 Å². The van der Waals surface area contributed by atoms with E-state index in [2.05, 4.69) is 17.6 Å². The molecule has 0 atom stereocenters.